The van der Waals surface area contributed by atoms with Gasteiger partial charge in [-0.15, -0.1) is 0 Å². The average Bonchev–Trinajstić information content (AvgIpc) is 2.80. The molecule has 1 atom stereocenters. The Morgan fingerprint density at radius 3 is 3.00 bits per heavy atom. The van der Waals surface area contributed by atoms with E-state index in [2.05, 4.69) is 20.5 Å². The summed E-state index contributed by atoms with van der Waals surface area (Å²) in [7, 11) is 0. The molecule has 0 saturated carbocycles. The first kappa shape index (κ1) is 12.2. The van der Waals surface area contributed by atoms with Crippen LogP contribution in [0, 0.1) is 0 Å². The van der Waals surface area contributed by atoms with Gasteiger partial charge in [0.25, 0.3) is 0 Å². The van der Waals surface area contributed by atoms with Crippen molar-refractivity contribution in [2.75, 3.05) is 6.26 Å². The number of amides is 1. The summed E-state index contributed by atoms with van der Waals surface area (Å²) in [6.45, 7) is 2.02. The highest BCUT2D eigenvalue weighted by Gasteiger charge is 2.31. The molecule has 0 spiro atoms. The van der Waals surface area contributed by atoms with E-state index in [0.717, 1.165) is 21.8 Å². The van der Waals surface area contributed by atoms with Gasteiger partial charge in [-0.3, -0.25) is 4.79 Å². The largest absolute Gasteiger partial charge is 0.333 e. The van der Waals surface area contributed by atoms with Gasteiger partial charge in [-0.25, -0.2) is 10.4 Å². The van der Waals surface area contributed by atoms with Crippen molar-refractivity contribution in [1.29, 1.82) is 0 Å². The van der Waals surface area contributed by atoms with Gasteiger partial charge in [0, 0.05) is 18.1 Å². The highest BCUT2D eigenvalue weighted by Crippen LogP contribution is 2.30. The Hall–Kier alpha value is -1.82. The van der Waals surface area contributed by atoms with Gasteiger partial charge in [0.15, 0.2) is 5.16 Å². The second-order valence-corrected chi connectivity index (χ2v) is 5.66. The average molecular weight is 274 g/mol. The zero-order valence-corrected chi connectivity index (χ0v) is 11.5. The predicted molar refractivity (Wildman–Crippen MR) is 76.5 cm³/mol. The molecular weight excluding hydrogens is 260 g/mol. The van der Waals surface area contributed by atoms with E-state index in [9.17, 15) is 4.79 Å². The smallest absolute Gasteiger partial charge is 0.241 e. The summed E-state index contributed by atoms with van der Waals surface area (Å²) < 4.78 is 0. The van der Waals surface area contributed by atoms with Crippen LogP contribution in [0.15, 0.2) is 28.5 Å². The van der Waals surface area contributed by atoms with Crippen LogP contribution in [0.2, 0.25) is 0 Å². The summed E-state index contributed by atoms with van der Waals surface area (Å²) in [6.07, 6.45) is 4.19. The molecule has 2 N–H and O–H groups in total. The third-order valence-corrected chi connectivity index (χ3v) is 3.96. The molecular formula is C13H14N4OS. The van der Waals surface area contributed by atoms with Crippen LogP contribution in [0.1, 0.15) is 18.9 Å². The number of hydrogen-bond donors (Lipinski definition) is 2. The standard InChI is InChI=1S/C13H14N4OS/c1-13(6-11(18)17-14-7-13)8-3-4-9-10(5-8)16-12(15-9)19-2/h3-5,7H,6H2,1-2H3,(H,15,16)(H,17,18). The van der Waals surface area contributed by atoms with E-state index < -0.39 is 0 Å². The zero-order valence-electron chi connectivity index (χ0n) is 10.7. The summed E-state index contributed by atoms with van der Waals surface area (Å²) in [6, 6.07) is 6.04. The van der Waals surface area contributed by atoms with Crippen LogP contribution in [0.4, 0.5) is 0 Å². The Labute approximate surface area is 114 Å². The van der Waals surface area contributed by atoms with Gasteiger partial charge in [0.2, 0.25) is 5.91 Å². The molecule has 19 heavy (non-hydrogen) atoms. The van der Waals surface area contributed by atoms with Crippen LogP contribution in [-0.2, 0) is 10.2 Å². The van der Waals surface area contributed by atoms with Crippen LogP contribution >= 0.6 is 11.8 Å². The van der Waals surface area contributed by atoms with E-state index in [1.165, 1.54) is 0 Å². The molecule has 3 rings (SSSR count). The molecule has 0 aliphatic carbocycles. The van der Waals surface area contributed by atoms with Crippen molar-refractivity contribution >= 4 is 34.9 Å². The van der Waals surface area contributed by atoms with E-state index >= 15 is 0 Å². The lowest BCUT2D eigenvalue weighted by Crippen LogP contribution is -2.37. The van der Waals surface area contributed by atoms with Gasteiger partial charge in [-0.1, -0.05) is 17.8 Å². The van der Waals surface area contributed by atoms with Crippen molar-refractivity contribution in [3.05, 3.63) is 23.8 Å². The number of carbonyl (C=O) groups is 1. The van der Waals surface area contributed by atoms with Crippen molar-refractivity contribution in [2.45, 2.75) is 23.9 Å². The summed E-state index contributed by atoms with van der Waals surface area (Å²) >= 11 is 1.58. The number of aromatic nitrogens is 2. The molecule has 2 aromatic rings. The second-order valence-electron chi connectivity index (χ2n) is 4.87. The Kier molecular flexibility index (Phi) is 2.82. The number of fused-ring (bicyclic) bond motifs is 1. The number of hydrogen-bond acceptors (Lipinski definition) is 4. The number of aromatic amines is 1. The molecule has 1 aliphatic rings. The molecule has 0 bridgehead atoms. The quantitative estimate of drug-likeness (QED) is 0.823. The molecule has 1 aliphatic heterocycles. The molecule has 1 aromatic carbocycles. The van der Waals surface area contributed by atoms with Crippen LogP contribution in [0.3, 0.4) is 0 Å². The maximum absolute atomic E-state index is 11.5. The highest BCUT2D eigenvalue weighted by atomic mass is 32.2. The third kappa shape index (κ3) is 2.12. The summed E-state index contributed by atoms with van der Waals surface area (Å²) in [5.41, 5.74) is 5.10. The Morgan fingerprint density at radius 1 is 1.42 bits per heavy atom. The van der Waals surface area contributed by atoms with E-state index in [1.54, 1.807) is 18.0 Å². The number of H-pyrrole nitrogens is 1. The number of imidazole rings is 1. The minimum atomic E-state index is -0.360. The molecule has 0 fully saturated rings. The van der Waals surface area contributed by atoms with Gasteiger partial charge >= 0.3 is 0 Å². The first-order chi connectivity index (χ1) is 9.10. The van der Waals surface area contributed by atoms with Crippen LogP contribution in [-0.4, -0.2) is 28.3 Å². The number of nitrogens with zero attached hydrogens (tertiary/aromatic N) is 2. The van der Waals surface area contributed by atoms with E-state index in [-0.39, 0.29) is 11.3 Å². The number of rotatable bonds is 2. The van der Waals surface area contributed by atoms with Crippen LogP contribution in [0.5, 0.6) is 0 Å². The summed E-state index contributed by atoms with van der Waals surface area (Å²) in [5, 5.41) is 4.83. The lowest BCUT2D eigenvalue weighted by molar-refractivity contribution is -0.122. The van der Waals surface area contributed by atoms with Gasteiger partial charge in [0.1, 0.15) is 0 Å². The summed E-state index contributed by atoms with van der Waals surface area (Å²) in [5.74, 6) is -0.0560. The molecule has 0 saturated heterocycles. The van der Waals surface area contributed by atoms with Gasteiger partial charge in [-0.05, 0) is 30.9 Å². The highest BCUT2D eigenvalue weighted by molar-refractivity contribution is 7.98. The zero-order chi connectivity index (χ0) is 13.5. The molecule has 0 radical (unpaired) electrons. The van der Waals surface area contributed by atoms with Crippen LogP contribution < -0.4 is 5.43 Å². The number of carbonyl (C=O) groups excluding carboxylic acids is 1. The van der Waals surface area contributed by atoms with Crippen molar-refractivity contribution in [1.82, 2.24) is 15.4 Å². The Balaban J connectivity index is 2.07. The monoisotopic (exact) mass is 274 g/mol. The van der Waals surface area contributed by atoms with Crippen molar-refractivity contribution < 1.29 is 4.79 Å². The van der Waals surface area contributed by atoms with E-state index in [4.69, 9.17) is 0 Å². The fourth-order valence-corrected chi connectivity index (χ4v) is 2.68. The number of hydrazone groups is 1. The van der Waals surface area contributed by atoms with Crippen molar-refractivity contribution in [3.63, 3.8) is 0 Å². The summed E-state index contributed by atoms with van der Waals surface area (Å²) in [4.78, 5) is 19.2. The molecule has 98 valence electrons. The van der Waals surface area contributed by atoms with E-state index in [1.807, 2.05) is 31.4 Å². The third-order valence-electron chi connectivity index (χ3n) is 3.38. The molecule has 1 aromatic heterocycles. The molecule has 2 heterocycles. The first-order valence-electron chi connectivity index (χ1n) is 5.98. The lowest BCUT2D eigenvalue weighted by Gasteiger charge is -2.27. The lowest BCUT2D eigenvalue weighted by atomic mass is 9.79. The normalized spacial score (nSPS) is 22.7. The Morgan fingerprint density at radius 2 is 2.26 bits per heavy atom. The maximum atomic E-state index is 11.5. The number of nitrogens with one attached hydrogen (secondary N) is 2. The maximum Gasteiger partial charge on any atom is 0.241 e. The second kappa shape index (κ2) is 4.38. The first-order valence-corrected chi connectivity index (χ1v) is 7.20. The number of benzene rings is 1. The van der Waals surface area contributed by atoms with Crippen molar-refractivity contribution in [2.24, 2.45) is 5.10 Å². The van der Waals surface area contributed by atoms with Gasteiger partial charge in [-0.2, -0.15) is 5.10 Å². The fraction of sp³-hybridized carbons (Fsp3) is 0.308. The topological polar surface area (TPSA) is 70.1 Å². The minimum Gasteiger partial charge on any atom is -0.333 e. The predicted octanol–water partition coefficient (Wildman–Crippen LogP) is 2.05. The SMILES string of the molecule is CSc1nc2ccc(C3(C)C=NNC(=O)C3)cc2[nH]1. The Bertz CT molecular complexity index is 678. The molecule has 6 heteroatoms. The van der Waals surface area contributed by atoms with E-state index in [0.29, 0.717) is 6.42 Å². The molecule has 1 unspecified atom stereocenters. The minimum absolute atomic E-state index is 0.0560. The van der Waals surface area contributed by atoms with Gasteiger partial charge < -0.3 is 4.98 Å². The van der Waals surface area contributed by atoms with Crippen molar-refractivity contribution in [3.8, 4) is 0 Å². The number of thioether (sulfide) groups is 1. The molecule has 1 amide bonds. The van der Waals surface area contributed by atoms with Gasteiger partial charge in [0.05, 0.1) is 11.0 Å². The molecule has 5 nitrogen and oxygen atoms in total. The fourth-order valence-electron chi connectivity index (χ4n) is 2.28. The van der Waals surface area contributed by atoms with Crippen LogP contribution in [0.25, 0.3) is 11.0 Å².